The number of hydrogen-bond donors (Lipinski definition) is 1. The molecule has 0 aliphatic rings. The maximum absolute atomic E-state index is 13.3. The second kappa shape index (κ2) is 7.05. The van der Waals surface area contributed by atoms with Gasteiger partial charge in [-0.15, -0.1) is 0 Å². The first kappa shape index (κ1) is 16.0. The van der Waals surface area contributed by atoms with E-state index < -0.39 is 0 Å². The smallest absolute Gasteiger partial charge is 0.144 e. The predicted molar refractivity (Wildman–Crippen MR) is 87.3 cm³/mol. The lowest BCUT2D eigenvalue weighted by Crippen LogP contribution is -2.21. The minimum absolute atomic E-state index is 0.316. The van der Waals surface area contributed by atoms with Crippen LogP contribution in [0.1, 0.15) is 25.0 Å². The van der Waals surface area contributed by atoms with Crippen LogP contribution in [0.4, 0.5) is 4.39 Å². The summed E-state index contributed by atoms with van der Waals surface area (Å²) in [5.74, 6) is 0.893. The van der Waals surface area contributed by atoms with Crippen LogP contribution >= 0.6 is 15.9 Å². The molecule has 0 aliphatic carbocycles. The van der Waals surface area contributed by atoms with E-state index in [1.807, 2.05) is 19.1 Å². The first-order valence-corrected chi connectivity index (χ1v) is 7.71. The van der Waals surface area contributed by atoms with E-state index in [-0.39, 0.29) is 5.82 Å². The van der Waals surface area contributed by atoms with Crippen LogP contribution in [0.25, 0.3) is 0 Å². The normalized spacial score (nSPS) is 11.0. The Labute approximate surface area is 133 Å². The van der Waals surface area contributed by atoms with Crippen LogP contribution in [0.5, 0.6) is 11.5 Å². The van der Waals surface area contributed by atoms with Crippen molar-refractivity contribution in [2.24, 2.45) is 0 Å². The highest BCUT2D eigenvalue weighted by atomic mass is 79.9. The van der Waals surface area contributed by atoms with Gasteiger partial charge in [-0.2, -0.15) is 0 Å². The summed E-state index contributed by atoms with van der Waals surface area (Å²) in [7, 11) is 0. The van der Waals surface area contributed by atoms with E-state index in [9.17, 15) is 4.39 Å². The quantitative estimate of drug-likeness (QED) is 0.800. The molecular weight excluding hydrogens is 333 g/mol. The van der Waals surface area contributed by atoms with Gasteiger partial charge in [-0.25, -0.2) is 4.39 Å². The summed E-state index contributed by atoms with van der Waals surface area (Å²) in [5, 5.41) is 3.38. The maximum atomic E-state index is 13.3. The molecular formula is C17H19BrFNO. The third-order valence-electron chi connectivity index (χ3n) is 3.07. The van der Waals surface area contributed by atoms with Crippen LogP contribution in [0.15, 0.2) is 40.9 Å². The Morgan fingerprint density at radius 2 is 1.90 bits per heavy atom. The first-order valence-electron chi connectivity index (χ1n) is 6.91. The van der Waals surface area contributed by atoms with Crippen molar-refractivity contribution in [1.82, 2.24) is 5.32 Å². The molecule has 2 aromatic rings. The van der Waals surface area contributed by atoms with Gasteiger partial charge in [-0.3, -0.25) is 0 Å². The fraction of sp³-hybridized carbons (Fsp3) is 0.294. The Balaban J connectivity index is 2.15. The second-order valence-electron chi connectivity index (χ2n) is 5.31. The van der Waals surface area contributed by atoms with Crippen molar-refractivity contribution in [3.05, 3.63) is 57.8 Å². The molecule has 0 bridgehead atoms. The van der Waals surface area contributed by atoms with Gasteiger partial charge in [-0.05, 0) is 52.2 Å². The maximum Gasteiger partial charge on any atom is 0.144 e. The molecule has 0 heterocycles. The number of aryl methyl sites for hydroxylation is 1. The highest BCUT2D eigenvalue weighted by molar-refractivity contribution is 9.10. The lowest BCUT2D eigenvalue weighted by Gasteiger charge is -2.13. The molecule has 2 rings (SSSR count). The Hall–Kier alpha value is -1.39. The van der Waals surface area contributed by atoms with Crippen molar-refractivity contribution < 1.29 is 9.13 Å². The Morgan fingerprint density at radius 3 is 2.57 bits per heavy atom. The number of ether oxygens (including phenoxy) is 1. The summed E-state index contributed by atoms with van der Waals surface area (Å²) in [4.78, 5) is 0. The van der Waals surface area contributed by atoms with Gasteiger partial charge < -0.3 is 10.1 Å². The van der Waals surface area contributed by atoms with Crippen molar-refractivity contribution in [2.45, 2.75) is 33.4 Å². The number of nitrogens with one attached hydrogen (secondary N) is 1. The molecule has 0 unspecified atom stereocenters. The van der Waals surface area contributed by atoms with Gasteiger partial charge >= 0.3 is 0 Å². The van der Waals surface area contributed by atoms with Gasteiger partial charge in [0.05, 0.1) is 4.47 Å². The van der Waals surface area contributed by atoms with Gasteiger partial charge in [-0.1, -0.05) is 26.0 Å². The van der Waals surface area contributed by atoms with E-state index in [0.29, 0.717) is 11.8 Å². The van der Waals surface area contributed by atoms with Crippen LogP contribution < -0.4 is 10.1 Å². The van der Waals surface area contributed by atoms with Crippen molar-refractivity contribution in [3.63, 3.8) is 0 Å². The van der Waals surface area contributed by atoms with E-state index in [0.717, 1.165) is 22.3 Å². The molecule has 0 saturated carbocycles. The Morgan fingerprint density at radius 1 is 1.14 bits per heavy atom. The summed E-state index contributed by atoms with van der Waals surface area (Å²) in [6.45, 7) is 7.04. The highest BCUT2D eigenvalue weighted by Gasteiger charge is 2.07. The van der Waals surface area contributed by atoms with Crippen molar-refractivity contribution >= 4 is 15.9 Å². The lowest BCUT2D eigenvalue weighted by atomic mass is 10.1. The van der Waals surface area contributed by atoms with Gasteiger partial charge in [0, 0.05) is 18.7 Å². The van der Waals surface area contributed by atoms with Gasteiger partial charge in [0.2, 0.25) is 0 Å². The molecule has 2 aromatic carbocycles. The van der Waals surface area contributed by atoms with Crippen LogP contribution in [-0.2, 0) is 6.54 Å². The van der Waals surface area contributed by atoms with Crippen molar-refractivity contribution in [2.75, 3.05) is 0 Å². The molecule has 4 heteroatoms. The SMILES string of the molecule is Cc1cc(CNC(C)C)ccc1Oc1cc(F)ccc1Br. The number of rotatable bonds is 5. The summed E-state index contributed by atoms with van der Waals surface area (Å²) < 4.78 is 19.8. The fourth-order valence-electron chi connectivity index (χ4n) is 1.93. The minimum Gasteiger partial charge on any atom is -0.456 e. The fourth-order valence-corrected chi connectivity index (χ4v) is 2.26. The number of halogens is 2. The zero-order chi connectivity index (χ0) is 15.4. The number of hydrogen-bond acceptors (Lipinski definition) is 2. The first-order chi connectivity index (χ1) is 9.95. The molecule has 0 spiro atoms. The molecule has 0 aliphatic heterocycles. The average molecular weight is 352 g/mol. The topological polar surface area (TPSA) is 21.3 Å². The monoisotopic (exact) mass is 351 g/mol. The van der Waals surface area contributed by atoms with Gasteiger partial charge in [0.1, 0.15) is 17.3 Å². The highest BCUT2D eigenvalue weighted by Crippen LogP contribution is 2.32. The largest absolute Gasteiger partial charge is 0.456 e. The molecule has 0 saturated heterocycles. The minimum atomic E-state index is -0.316. The van der Waals surface area contributed by atoms with E-state index in [2.05, 4.69) is 41.2 Å². The number of benzene rings is 2. The zero-order valence-corrected chi connectivity index (χ0v) is 14.0. The Kier molecular flexibility index (Phi) is 5.37. The van der Waals surface area contributed by atoms with Crippen molar-refractivity contribution in [1.29, 1.82) is 0 Å². The summed E-state index contributed by atoms with van der Waals surface area (Å²) >= 11 is 3.37. The molecule has 0 fully saturated rings. The summed E-state index contributed by atoms with van der Waals surface area (Å²) in [5.41, 5.74) is 2.22. The third kappa shape index (κ3) is 4.55. The molecule has 2 nitrogen and oxygen atoms in total. The molecule has 21 heavy (non-hydrogen) atoms. The lowest BCUT2D eigenvalue weighted by molar-refractivity contribution is 0.469. The molecule has 0 aromatic heterocycles. The van der Waals surface area contributed by atoms with Gasteiger partial charge in [0.25, 0.3) is 0 Å². The summed E-state index contributed by atoms with van der Waals surface area (Å²) in [6, 6.07) is 10.9. The predicted octanol–water partition coefficient (Wildman–Crippen LogP) is 5.19. The van der Waals surface area contributed by atoms with Crippen LogP contribution in [0, 0.1) is 12.7 Å². The standard InChI is InChI=1S/C17H19BrFNO/c1-11(2)20-10-13-4-7-16(12(3)8-13)21-17-9-14(19)5-6-15(17)18/h4-9,11,20H,10H2,1-3H3. The van der Waals surface area contributed by atoms with Crippen LogP contribution in [-0.4, -0.2) is 6.04 Å². The molecule has 112 valence electrons. The molecule has 1 N–H and O–H groups in total. The zero-order valence-electron chi connectivity index (χ0n) is 12.4. The van der Waals surface area contributed by atoms with E-state index in [1.54, 1.807) is 6.07 Å². The van der Waals surface area contributed by atoms with Crippen LogP contribution in [0.3, 0.4) is 0 Å². The van der Waals surface area contributed by atoms with E-state index in [4.69, 9.17) is 4.74 Å². The Bertz CT molecular complexity index is 628. The third-order valence-corrected chi connectivity index (χ3v) is 3.72. The van der Waals surface area contributed by atoms with E-state index in [1.165, 1.54) is 17.7 Å². The van der Waals surface area contributed by atoms with Gasteiger partial charge in [0.15, 0.2) is 0 Å². The molecule has 0 amide bonds. The average Bonchev–Trinajstić information content (AvgIpc) is 2.43. The second-order valence-corrected chi connectivity index (χ2v) is 6.17. The van der Waals surface area contributed by atoms with Crippen LogP contribution in [0.2, 0.25) is 0 Å². The summed E-state index contributed by atoms with van der Waals surface area (Å²) in [6.07, 6.45) is 0. The van der Waals surface area contributed by atoms with E-state index >= 15 is 0 Å². The molecule has 0 radical (unpaired) electrons. The molecule has 0 atom stereocenters. The van der Waals surface area contributed by atoms with Crippen molar-refractivity contribution in [3.8, 4) is 11.5 Å².